The van der Waals surface area contributed by atoms with E-state index < -0.39 is 0 Å². The predicted molar refractivity (Wildman–Crippen MR) is 93.1 cm³/mol. The number of imidazole rings is 1. The summed E-state index contributed by atoms with van der Waals surface area (Å²) in [5.74, 6) is -0.274. The van der Waals surface area contributed by atoms with E-state index in [1.54, 1.807) is 0 Å². The van der Waals surface area contributed by atoms with Gasteiger partial charge in [0.1, 0.15) is 6.54 Å². The first kappa shape index (κ1) is 15.8. The Morgan fingerprint density at radius 1 is 1.32 bits per heavy atom. The Bertz CT molecular complexity index is 927. The van der Waals surface area contributed by atoms with Crippen molar-refractivity contribution >= 4 is 17.0 Å². The first-order chi connectivity index (χ1) is 12.2. The van der Waals surface area contributed by atoms with Crippen molar-refractivity contribution in [2.45, 2.75) is 26.1 Å². The van der Waals surface area contributed by atoms with Crippen LogP contribution < -0.4 is 0 Å². The molecule has 0 amide bonds. The Balaban J connectivity index is 1.72. The van der Waals surface area contributed by atoms with E-state index in [1.165, 1.54) is 12.7 Å². The van der Waals surface area contributed by atoms with Crippen LogP contribution in [0.3, 0.4) is 0 Å². The van der Waals surface area contributed by atoms with Crippen molar-refractivity contribution in [3.05, 3.63) is 47.5 Å². The number of carbonyl (C=O) groups is 1. The standard InChI is InChI=1S/C18H21N5O2/c1-21-8-7-16-13(9-21)15(20-23(16)11-18(24)25-2)10-22-12-19-14-5-3-4-6-17(14)22/h3-6,12H,7-11H2,1-2H3. The quantitative estimate of drug-likeness (QED) is 0.673. The number of aromatic nitrogens is 4. The second-order valence-corrected chi connectivity index (χ2v) is 6.45. The van der Waals surface area contributed by atoms with Gasteiger partial charge in [-0.1, -0.05) is 12.1 Å². The summed E-state index contributed by atoms with van der Waals surface area (Å²) in [6.07, 6.45) is 2.74. The van der Waals surface area contributed by atoms with Gasteiger partial charge in [0, 0.05) is 30.8 Å². The van der Waals surface area contributed by atoms with Crippen molar-refractivity contribution in [2.75, 3.05) is 20.7 Å². The minimum absolute atomic E-state index is 0.160. The van der Waals surface area contributed by atoms with E-state index in [0.717, 1.165) is 41.9 Å². The van der Waals surface area contributed by atoms with Crippen molar-refractivity contribution in [3.8, 4) is 0 Å². The van der Waals surface area contributed by atoms with Crippen LogP contribution in [0.4, 0.5) is 0 Å². The smallest absolute Gasteiger partial charge is 0.327 e. The number of likely N-dealkylation sites (N-methyl/N-ethyl adjacent to an activating group) is 1. The average molecular weight is 339 g/mol. The molecular weight excluding hydrogens is 318 g/mol. The molecule has 1 aliphatic heterocycles. The number of carbonyl (C=O) groups excluding carboxylic acids is 1. The van der Waals surface area contributed by atoms with Gasteiger partial charge in [0.05, 0.1) is 36.7 Å². The Labute approximate surface area is 145 Å². The highest BCUT2D eigenvalue weighted by atomic mass is 16.5. The molecule has 0 atom stereocenters. The molecular formula is C18H21N5O2. The molecule has 0 N–H and O–H groups in total. The zero-order valence-corrected chi connectivity index (χ0v) is 14.5. The molecule has 7 heteroatoms. The number of hydrogen-bond donors (Lipinski definition) is 0. The maximum atomic E-state index is 11.7. The lowest BCUT2D eigenvalue weighted by Gasteiger charge is -2.23. The Morgan fingerprint density at radius 3 is 3.00 bits per heavy atom. The number of methoxy groups -OCH3 is 1. The van der Waals surface area contributed by atoms with E-state index in [0.29, 0.717) is 6.54 Å². The van der Waals surface area contributed by atoms with Crippen LogP contribution >= 0.6 is 0 Å². The first-order valence-corrected chi connectivity index (χ1v) is 8.38. The maximum Gasteiger partial charge on any atom is 0.327 e. The van der Waals surface area contributed by atoms with E-state index in [1.807, 2.05) is 29.2 Å². The molecule has 3 heterocycles. The zero-order chi connectivity index (χ0) is 17.4. The lowest BCUT2D eigenvalue weighted by Crippen LogP contribution is -2.28. The Kier molecular flexibility index (Phi) is 4.01. The van der Waals surface area contributed by atoms with Crippen LogP contribution in [0.25, 0.3) is 11.0 Å². The van der Waals surface area contributed by atoms with Crippen LogP contribution in [-0.4, -0.2) is 50.9 Å². The molecule has 2 aromatic heterocycles. The zero-order valence-electron chi connectivity index (χ0n) is 14.5. The molecule has 0 saturated heterocycles. The van der Waals surface area contributed by atoms with Crippen molar-refractivity contribution in [2.24, 2.45) is 0 Å². The van der Waals surface area contributed by atoms with Gasteiger partial charge in [0.2, 0.25) is 0 Å². The first-order valence-electron chi connectivity index (χ1n) is 8.38. The van der Waals surface area contributed by atoms with Crippen LogP contribution in [-0.2, 0) is 35.6 Å². The molecule has 0 unspecified atom stereocenters. The van der Waals surface area contributed by atoms with E-state index in [2.05, 4.69) is 27.6 Å². The van der Waals surface area contributed by atoms with E-state index in [9.17, 15) is 4.79 Å². The van der Waals surface area contributed by atoms with E-state index in [4.69, 9.17) is 9.84 Å². The van der Waals surface area contributed by atoms with E-state index >= 15 is 0 Å². The van der Waals surface area contributed by atoms with Crippen LogP contribution in [0.5, 0.6) is 0 Å². The van der Waals surface area contributed by atoms with Crippen molar-refractivity contribution in [1.82, 2.24) is 24.2 Å². The number of rotatable bonds is 4. The number of hydrogen-bond acceptors (Lipinski definition) is 5. The van der Waals surface area contributed by atoms with Gasteiger partial charge in [-0.3, -0.25) is 9.48 Å². The third-order valence-corrected chi connectivity index (χ3v) is 4.76. The van der Waals surface area contributed by atoms with Crippen LogP contribution in [0, 0.1) is 0 Å². The molecule has 0 bridgehead atoms. The van der Waals surface area contributed by atoms with Gasteiger partial charge < -0.3 is 14.2 Å². The molecule has 3 aromatic rings. The number of benzene rings is 1. The molecule has 1 aliphatic rings. The van der Waals surface area contributed by atoms with Gasteiger partial charge in [0.25, 0.3) is 0 Å². The number of nitrogens with zero attached hydrogens (tertiary/aromatic N) is 5. The summed E-state index contributed by atoms with van der Waals surface area (Å²) >= 11 is 0. The molecule has 0 saturated carbocycles. The minimum Gasteiger partial charge on any atom is -0.468 e. The summed E-state index contributed by atoms with van der Waals surface area (Å²) in [7, 11) is 3.52. The number of para-hydroxylation sites is 2. The molecule has 7 nitrogen and oxygen atoms in total. The third-order valence-electron chi connectivity index (χ3n) is 4.76. The van der Waals surface area contributed by atoms with Crippen LogP contribution in [0.1, 0.15) is 17.0 Å². The molecule has 0 aliphatic carbocycles. The lowest BCUT2D eigenvalue weighted by molar-refractivity contribution is -0.141. The monoisotopic (exact) mass is 339 g/mol. The summed E-state index contributed by atoms with van der Waals surface area (Å²) in [4.78, 5) is 18.5. The fraction of sp³-hybridized carbons (Fsp3) is 0.389. The molecule has 0 spiro atoms. The molecule has 25 heavy (non-hydrogen) atoms. The lowest BCUT2D eigenvalue weighted by atomic mass is 10.1. The van der Waals surface area contributed by atoms with Gasteiger partial charge in [-0.15, -0.1) is 0 Å². The van der Waals surface area contributed by atoms with Gasteiger partial charge in [-0.25, -0.2) is 4.98 Å². The average Bonchev–Trinajstić information content (AvgIpc) is 3.17. The van der Waals surface area contributed by atoms with Crippen LogP contribution in [0.2, 0.25) is 0 Å². The van der Waals surface area contributed by atoms with Gasteiger partial charge >= 0.3 is 5.97 Å². The van der Waals surface area contributed by atoms with E-state index in [-0.39, 0.29) is 12.5 Å². The highest BCUT2D eigenvalue weighted by molar-refractivity contribution is 5.75. The molecule has 130 valence electrons. The van der Waals surface area contributed by atoms with Gasteiger partial charge in [-0.2, -0.15) is 5.10 Å². The normalized spacial score (nSPS) is 14.6. The summed E-state index contributed by atoms with van der Waals surface area (Å²) < 4.78 is 8.73. The molecule has 1 aromatic carbocycles. The number of fused-ring (bicyclic) bond motifs is 2. The van der Waals surface area contributed by atoms with Gasteiger partial charge in [0.15, 0.2) is 0 Å². The second-order valence-electron chi connectivity index (χ2n) is 6.45. The Hall–Kier alpha value is -2.67. The summed E-state index contributed by atoms with van der Waals surface area (Å²) in [6, 6.07) is 8.07. The molecule has 0 fully saturated rings. The van der Waals surface area contributed by atoms with Crippen LogP contribution in [0.15, 0.2) is 30.6 Å². The topological polar surface area (TPSA) is 65.2 Å². The van der Waals surface area contributed by atoms with Crippen molar-refractivity contribution in [1.29, 1.82) is 0 Å². The largest absolute Gasteiger partial charge is 0.468 e. The number of ether oxygens (including phenoxy) is 1. The SMILES string of the molecule is COC(=O)Cn1nc(Cn2cnc3ccccc32)c2c1CCN(C)C2. The fourth-order valence-electron chi connectivity index (χ4n) is 3.44. The number of esters is 1. The van der Waals surface area contributed by atoms with Gasteiger partial charge in [-0.05, 0) is 19.2 Å². The highest BCUT2D eigenvalue weighted by Crippen LogP contribution is 2.24. The third kappa shape index (κ3) is 2.91. The highest BCUT2D eigenvalue weighted by Gasteiger charge is 2.24. The minimum atomic E-state index is -0.274. The summed E-state index contributed by atoms with van der Waals surface area (Å²) in [5.41, 5.74) is 5.41. The second kappa shape index (κ2) is 6.33. The summed E-state index contributed by atoms with van der Waals surface area (Å²) in [5, 5.41) is 4.74. The molecule has 4 rings (SSSR count). The Morgan fingerprint density at radius 2 is 2.16 bits per heavy atom. The predicted octanol–water partition coefficient (Wildman–Crippen LogP) is 1.44. The fourth-order valence-corrected chi connectivity index (χ4v) is 3.44. The molecule has 0 radical (unpaired) electrons. The van der Waals surface area contributed by atoms with Crippen molar-refractivity contribution < 1.29 is 9.53 Å². The summed E-state index contributed by atoms with van der Waals surface area (Å²) in [6.45, 7) is 2.61. The maximum absolute atomic E-state index is 11.7. The van der Waals surface area contributed by atoms with Crippen molar-refractivity contribution in [3.63, 3.8) is 0 Å².